The van der Waals surface area contributed by atoms with Crippen LogP contribution in [0.1, 0.15) is 39.9 Å². The first kappa shape index (κ1) is 18.1. The summed E-state index contributed by atoms with van der Waals surface area (Å²) >= 11 is 0. The number of sulfonamides is 1. The van der Waals surface area contributed by atoms with Crippen molar-refractivity contribution >= 4 is 21.9 Å². The Hall–Kier alpha value is -2.66. The van der Waals surface area contributed by atoms with Crippen molar-refractivity contribution in [3.63, 3.8) is 0 Å². The molecule has 3 rings (SSSR count). The van der Waals surface area contributed by atoms with Crippen LogP contribution < -0.4 is 5.73 Å². The zero-order chi connectivity index (χ0) is 19.1. The summed E-state index contributed by atoms with van der Waals surface area (Å²) in [6.45, 7) is 0.510. The van der Waals surface area contributed by atoms with Crippen LogP contribution in [0.15, 0.2) is 29.4 Å². The molecule has 140 valence electrons. The van der Waals surface area contributed by atoms with Gasteiger partial charge in [-0.3, -0.25) is 9.48 Å². The van der Waals surface area contributed by atoms with E-state index in [-0.39, 0.29) is 28.9 Å². The lowest BCUT2D eigenvalue weighted by Gasteiger charge is -2.31. The van der Waals surface area contributed by atoms with Gasteiger partial charge in [0.2, 0.25) is 10.0 Å². The first-order chi connectivity index (χ1) is 12.2. The van der Waals surface area contributed by atoms with Crippen LogP contribution in [0.2, 0.25) is 0 Å². The number of carbonyl (C=O) groups excluding carboxylic acids is 1. The molecule has 3 N–H and O–H groups in total. The van der Waals surface area contributed by atoms with E-state index in [1.54, 1.807) is 7.05 Å². The Morgan fingerprint density at radius 3 is 2.69 bits per heavy atom. The molecule has 1 unspecified atom stereocenters. The Kier molecular flexibility index (Phi) is 4.59. The minimum atomic E-state index is -3.80. The van der Waals surface area contributed by atoms with Crippen molar-refractivity contribution in [1.82, 2.24) is 18.7 Å². The van der Waals surface area contributed by atoms with Gasteiger partial charge in [-0.2, -0.15) is 9.40 Å². The highest BCUT2D eigenvalue weighted by molar-refractivity contribution is 7.89. The molecule has 1 aliphatic heterocycles. The van der Waals surface area contributed by atoms with Crippen molar-refractivity contribution in [2.45, 2.75) is 23.8 Å². The monoisotopic (exact) mass is 381 g/mol. The molecule has 0 spiro atoms. The summed E-state index contributed by atoms with van der Waals surface area (Å²) in [6.07, 6.45) is 4.20. The van der Waals surface area contributed by atoms with Gasteiger partial charge in [0, 0.05) is 32.5 Å². The van der Waals surface area contributed by atoms with E-state index in [4.69, 9.17) is 10.8 Å². The second-order valence-corrected chi connectivity index (χ2v) is 8.12. The number of piperidine rings is 1. The Labute approximate surface area is 149 Å². The molecule has 0 aromatic carbocycles. The lowest BCUT2D eigenvalue weighted by molar-refractivity contribution is 0.0688. The number of aryl methyl sites for hydroxylation is 1. The van der Waals surface area contributed by atoms with Crippen molar-refractivity contribution in [2.24, 2.45) is 12.8 Å². The van der Waals surface area contributed by atoms with Crippen molar-refractivity contribution in [2.75, 3.05) is 13.1 Å². The number of carbonyl (C=O) groups is 2. The summed E-state index contributed by atoms with van der Waals surface area (Å²) < 4.78 is 30.0. The Morgan fingerprint density at radius 2 is 2.12 bits per heavy atom. The average molecular weight is 381 g/mol. The average Bonchev–Trinajstić information content (AvgIpc) is 3.22. The predicted octanol–water partition coefficient (Wildman–Crippen LogP) is 0.0445. The zero-order valence-electron chi connectivity index (χ0n) is 14.1. The molecule has 0 saturated carbocycles. The number of nitrogens with two attached hydrogens (primary N) is 1. The van der Waals surface area contributed by atoms with Gasteiger partial charge in [-0.1, -0.05) is 0 Å². The van der Waals surface area contributed by atoms with Gasteiger partial charge in [-0.25, -0.2) is 13.2 Å². The van der Waals surface area contributed by atoms with Gasteiger partial charge in [-0.05, 0) is 25.0 Å². The highest BCUT2D eigenvalue weighted by Crippen LogP contribution is 2.27. The maximum Gasteiger partial charge on any atom is 0.356 e. The zero-order valence-corrected chi connectivity index (χ0v) is 14.9. The van der Waals surface area contributed by atoms with E-state index >= 15 is 0 Å². The molecule has 2 aromatic heterocycles. The van der Waals surface area contributed by atoms with Crippen molar-refractivity contribution < 1.29 is 23.1 Å². The fourth-order valence-electron chi connectivity index (χ4n) is 3.08. The molecular weight excluding hydrogens is 362 g/mol. The number of hydrogen-bond donors (Lipinski definition) is 2. The number of nitrogens with zero attached hydrogens (tertiary/aromatic N) is 4. The lowest BCUT2D eigenvalue weighted by atomic mass is 10.1. The van der Waals surface area contributed by atoms with Gasteiger partial charge in [0.05, 0.1) is 6.04 Å². The molecule has 26 heavy (non-hydrogen) atoms. The molecule has 3 heterocycles. The molecule has 10 nitrogen and oxygen atoms in total. The number of amides is 1. The normalized spacial score (nSPS) is 18.7. The van der Waals surface area contributed by atoms with Crippen LogP contribution in [0.25, 0.3) is 0 Å². The fourth-order valence-corrected chi connectivity index (χ4v) is 4.67. The third-order valence-electron chi connectivity index (χ3n) is 4.43. The highest BCUT2D eigenvalue weighted by atomic mass is 32.2. The van der Waals surface area contributed by atoms with Crippen LogP contribution in [-0.4, -0.2) is 57.1 Å². The van der Waals surface area contributed by atoms with Crippen LogP contribution in [0, 0.1) is 0 Å². The second kappa shape index (κ2) is 6.57. The number of aromatic carboxylic acids is 1. The number of rotatable bonds is 5. The smallest absolute Gasteiger partial charge is 0.356 e. The van der Waals surface area contributed by atoms with E-state index in [1.807, 2.05) is 0 Å². The maximum absolute atomic E-state index is 12.9. The first-order valence-corrected chi connectivity index (χ1v) is 9.39. The molecule has 2 aromatic rings. The predicted molar refractivity (Wildman–Crippen MR) is 90.1 cm³/mol. The van der Waals surface area contributed by atoms with Crippen LogP contribution in [0.3, 0.4) is 0 Å². The molecule has 0 radical (unpaired) electrons. The Balaban J connectivity index is 1.85. The molecule has 1 atom stereocenters. The second-order valence-electron chi connectivity index (χ2n) is 6.18. The van der Waals surface area contributed by atoms with Crippen LogP contribution in [0.4, 0.5) is 0 Å². The van der Waals surface area contributed by atoms with Crippen LogP contribution in [0.5, 0.6) is 0 Å². The number of primary amides is 1. The third-order valence-corrected chi connectivity index (χ3v) is 6.26. The maximum atomic E-state index is 12.9. The molecule has 0 bridgehead atoms. The van der Waals surface area contributed by atoms with Crippen LogP contribution in [-0.2, 0) is 17.1 Å². The van der Waals surface area contributed by atoms with Crippen molar-refractivity contribution in [1.29, 1.82) is 0 Å². The van der Waals surface area contributed by atoms with Gasteiger partial charge in [0.25, 0.3) is 5.91 Å². The number of carboxylic acids is 1. The van der Waals surface area contributed by atoms with Gasteiger partial charge < -0.3 is 15.4 Å². The quantitative estimate of drug-likeness (QED) is 0.749. The molecule has 1 aliphatic rings. The van der Waals surface area contributed by atoms with E-state index < -0.39 is 21.9 Å². The van der Waals surface area contributed by atoms with Gasteiger partial charge in [0.1, 0.15) is 10.6 Å². The number of carboxylic acid groups (broad SMARTS) is 1. The summed E-state index contributed by atoms with van der Waals surface area (Å²) in [5.41, 5.74) is 5.27. The topological polar surface area (TPSA) is 141 Å². The summed E-state index contributed by atoms with van der Waals surface area (Å²) in [6, 6.07) is 2.38. The van der Waals surface area contributed by atoms with E-state index in [2.05, 4.69) is 5.10 Å². The fraction of sp³-hybridized carbons (Fsp3) is 0.400. The SMILES string of the molecule is Cn1cc(S(=O)(=O)N2CCCC(n3ccc(C(=O)O)n3)C2)cc1C(N)=O. The van der Waals surface area contributed by atoms with Crippen molar-refractivity contribution in [3.05, 3.63) is 35.9 Å². The first-order valence-electron chi connectivity index (χ1n) is 7.95. The molecule has 1 saturated heterocycles. The van der Waals surface area contributed by atoms with E-state index in [1.165, 1.54) is 38.1 Å². The summed E-state index contributed by atoms with van der Waals surface area (Å²) in [7, 11) is -2.25. The van der Waals surface area contributed by atoms with E-state index in [9.17, 15) is 18.0 Å². The number of aromatic nitrogens is 3. The molecule has 0 aliphatic carbocycles. The van der Waals surface area contributed by atoms with Crippen LogP contribution >= 0.6 is 0 Å². The van der Waals surface area contributed by atoms with Crippen molar-refractivity contribution in [3.8, 4) is 0 Å². The highest BCUT2D eigenvalue weighted by Gasteiger charge is 2.32. The Morgan fingerprint density at radius 1 is 1.38 bits per heavy atom. The lowest BCUT2D eigenvalue weighted by Crippen LogP contribution is -2.40. The van der Waals surface area contributed by atoms with Gasteiger partial charge in [0.15, 0.2) is 5.69 Å². The molecular formula is C15H19N5O5S. The minimum absolute atomic E-state index is 0.00106. The number of hydrogen-bond acceptors (Lipinski definition) is 5. The molecule has 11 heteroatoms. The summed E-state index contributed by atoms with van der Waals surface area (Å²) in [5.74, 6) is -1.84. The molecule has 1 amide bonds. The third kappa shape index (κ3) is 3.22. The minimum Gasteiger partial charge on any atom is -0.476 e. The molecule has 1 fully saturated rings. The summed E-state index contributed by atoms with van der Waals surface area (Å²) in [4.78, 5) is 22.3. The van der Waals surface area contributed by atoms with E-state index in [0.717, 1.165) is 0 Å². The standard InChI is InChI=1S/C15H19N5O5S/c1-18-9-11(7-13(18)14(16)21)26(24,25)19-5-2-3-10(8-19)20-6-4-12(17-20)15(22)23/h4,6-7,9-10H,2-3,5,8H2,1H3,(H2,16,21)(H,22,23). The van der Waals surface area contributed by atoms with Gasteiger partial charge >= 0.3 is 5.97 Å². The Bertz CT molecular complexity index is 961. The largest absolute Gasteiger partial charge is 0.476 e. The van der Waals surface area contributed by atoms with E-state index in [0.29, 0.717) is 19.4 Å². The van der Waals surface area contributed by atoms with Gasteiger partial charge in [-0.15, -0.1) is 0 Å². The summed E-state index contributed by atoms with van der Waals surface area (Å²) in [5, 5.41) is 13.0.